The number of amides is 1. The van der Waals surface area contributed by atoms with E-state index in [1.807, 2.05) is 6.92 Å². The molecule has 120 valence electrons. The van der Waals surface area contributed by atoms with E-state index in [2.05, 4.69) is 15.9 Å². The first-order valence-corrected chi connectivity index (χ1v) is 8.13. The summed E-state index contributed by atoms with van der Waals surface area (Å²) in [5, 5.41) is 9.09. The van der Waals surface area contributed by atoms with Crippen LogP contribution in [-0.2, 0) is 16.0 Å². The molecule has 0 spiro atoms. The van der Waals surface area contributed by atoms with Gasteiger partial charge in [0.2, 0.25) is 5.91 Å². The van der Waals surface area contributed by atoms with Crippen molar-refractivity contribution in [1.29, 1.82) is 0 Å². The molecule has 6 heteroatoms. The van der Waals surface area contributed by atoms with E-state index in [1.165, 1.54) is 6.07 Å². The van der Waals surface area contributed by atoms with Crippen LogP contribution in [0.15, 0.2) is 22.7 Å². The second-order valence-electron chi connectivity index (χ2n) is 5.82. The van der Waals surface area contributed by atoms with Gasteiger partial charge >= 0.3 is 5.97 Å². The second-order valence-corrected chi connectivity index (χ2v) is 6.67. The van der Waals surface area contributed by atoms with Crippen molar-refractivity contribution >= 4 is 27.8 Å². The minimum Gasteiger partial charge on any atom is -0.481 e. The zero-order chi connectivity index (χ0) is 16.3. The first kappa shape index (κ1) is 16.9. The average Bonchev–Trinajstić information content (AvgIpc) is 2.50. The molecule has 0 bridgehead atoms. The molecule has 2 rings (SSSR count). The SMILES string of the molecule is CC(Cc1ccc(F)c(Br)c1)C(=O)N1CCC[C@H](C(=O)O)C1. The maximum Gasteiger partial charge on any atom is 0.308 e. The average molecular weight is 372 g/mol. The summed E-state index contributed by atoms with van der Waals surface area (Å²) in [7, 11) is 0. The number of rotatable bonds is 4. The largest absolute Gasteiger partial charge is 0.481 e. The maximum atomic E-state index is 13.2. The van der Waals surface area contributed by atoms with Crippen molar-refractivity contribution in [3.63, 3.8) is 0 Å². The van der Waals surface area contributed by atoms with Crippen LogP contribution in [0.25, 0.3) is 0 Å². The Bertz CT molecular complexity index is 579. The van der Waals surface area contributed by atoms with Crippen LogP contribution in [0.3, 0.4) is 0 Å². The van der Waals surface area contributed by atoms with Crippen molar-refractivity contribution < 1.29 is 19.1 Å². The lowest BCUT2D eigenvalue weighted by atomic mass is 9.95. The summed E-state index contributed by atoms with van der Waals surface area (Å²) in [6, 6.07) is 4.72. The quantitative estimate of drug-likeness (QED) is 0.884. The molecular weight excluding hydrogens is 353 g/mol. The van der Waals surface area contributed by atoms with Crippen LogP contribution in [-0.4, -0.2) is 35.0 Å². The van der Waals surface area contributed by atoms with Gasteiger partial charge in [-0.05, 0) is 52.9 Å². The van der Waals surface area contributed by atoms with E-state index in [1.54, 1.807) is 17.0 Å². The number of carboxylic acids is 1. The predicted octanol–water partition coefficient (Wildman–Crippen LogP) is 3.09. The van der Waals surface area contributed by atoms with Gasteiger partial charge in [0.15, 0.2) is 0 Å². The Morgan fingerprint density at radius 2 is 2.23 bits per heavy atom. The molecular formula is C16H19BrFNO3. The van der Waals surface area contributed by atoms with Crippen molar-refractivity contribution in [1.82, 2.24) is 4.90 Å². The molecule has 22 heavy (non-hydrogen) atoms. The van der Waals surface area contributed by atoms with Gasteiger partial charge in [-0.2, -0.15) is 0 Å². The number of likely N-dealkylation sites (tertiary alicyclic amines) is 1. The minimum atomic E-state index is -0.840. The van der Waals surface area contributed by atoms with Crippen LogP contribution in [0, 0.1) is 17.7 Å². The Morgan fingerprint density at radius 1 is 1.50 bits per heavy atom. The summed E-state index contributed by atoms with van der Waals surface area (Å²) in [4.78, 5) is 25.2. The number of halogens is 2. The fraction of sp³-hybridized carbons (Fsp3) is 0.500. The van der Waals surface area contributed by atoms with E-state index in [0.717, 1.165) is 12.0 Å². The van der Waals surface area contributed by atoms with E-state index in [9.17, 15) is 14.0 Å². The highest BCUT2D eigenvalue weighted by Gasteiger charge is 2.30. The zero-order valence-electron chi connectivity index (χ0n) is 12.4. The molecule has 4 nitrogen and oxygen atoms in total. The Hall–Kier alpha value is -1.43. The Kier molecular flexibility index (Phi) is 5.56. The topological polar surface area (TPSA) is 57.6 Å². The van der Waals surface area contributed by atoms with Gasteiger partial charge in [0.25, 0.3) is 0 Å². The number of nitrogens with zero attached hydrogens (tertiary/aromatic N) is 1. The normalized spacial score (nSPS) is 19.8. The Balaban J connectivity index is 1.99. The summed E-state index contributed by atoms with van der Waals surface area (Å²) in [6.07, 6.45) is 1.85. The first-order chi connectivity index (χ1) is 10.4. The lowest BCUT2D eigenvalue weighted by Crippen LogP contribution is -2.44. The van der Waals surface area contributed by atoms with Crippen molar-refractivity contribution in [3.05, 3.63) is 34.1 Å². The summed E-state index contributed by atoms with van der Waals surface area (Å²) < 4.78 is 13.6. The fourth-order valence-corrected chi connectivity index (χ4v) is 3.22. The molecule has 1 aliphatic heterocycles. The number of aliphatic carboxylic acids is 1. The van der Waals surface area contributed by atoms with Gasteiger partial charge < -0.3 is 10.0 Å². The third-order valence-electron chi connectivity index (χ3n) is 4.03. The van der Waals surface area contributed by atoms with Crippen LogP contribution >= 0.6 is 15.9 Å². The third-order valence-corrected chi connectivity index (χ3v) is 4.64. The van der Waals surface area contributed by atoms with Crippen LogP contribution in [0.2, 0.25) is 0 Å². The van der Waals surface area contributed by atoms with Crippen LogP contribution < -0.4 is 0 Å². The summed E-state index contributed by atoms with van der Waals surface area (Å²) >= 11 is 3.14. The third kappa shape index (κ3) is 4.06. The van der Waals surface area contributed by atoms with Crippen molar-refractivity contribution in [2.24, 2.45) is 11.8 Å². The maximum absolute atomic E-state index is 13.2. The van der Waals surface area contributed by atoms with Gasteiger partial charge in [0.1, 0.15) is 5.82 Å². The van der Waals surface area contributed by atoms with Crippen LogP contribution in [0.1, 0.15) is 25.3 Å². The lowest BCUT2D eigenvalue weighted by Gasteiger charge is -2.32. The van der Waals surface area contributed by atoms with E-state index < -0.39 is 11.9 Å². The monoisotopic (exact) mass is 371 g/mol. The first-order valence-electron chi connectivity index (χ1n) is 7.34. The number of carbonyl (C=O) groups excluding carboxylic acids is 1. The molecule has 0 radical (unpaired) electrons. The summed E-state index contributed by atoms with van der Waals surface area (Å²) in [5.41, 5.74) is 0.876. The van der Waals surface area contributed by atoms with E-state index in [0.29, 0.717) is 23.9 Å². The number of hydrogen-bond acceptors (Lipinski definition) is 2. The van der Waals surface area contributed by atoms with Gasteiger partial charge in [0.05, 0.1) is 10.4 Å². The molecule has 1 amide bonds. The van der Waals surface area contributed by atoms with Crippen LogP contribution in [0.5, 0.6) is 0 Å². The highest BCUT2D eigenvalue weighted by Crippen LogP contribution is 2.22. The molecule has 0 saturated carbocycles. The fourth-order valence-electron chi connectivity index (χ4n) is 2.80. The Morgan fingerprint density at radius 3 is 2.86 bits per heavy atom. The number of carbonyl (C=O) groups is 2. The predicted molar refractivity (Wildman–Crippen MR) is 83.9 cm³/mol. The number of piperidine rings is 1. The van der Waals surface area contributed by atoms with E-state index in [-0.39, 0.29) is 24.2 Å². The van der Waals surface area contributed by atoms with E-state index >= 15 is 0 Å². The molecule has 0 aromatic heterocycles. The minimum absolute atomic E-state index is 0.0357. The summed E-state index contributed by atoms with van der Waals surface area (Å²) in [5.74, 6) is -1.93. The molecule has 1 heterocycles. The molecule has 0 aliphatic carbocycles. The van der Waals surface area contributed by atoms with Gasteiger partial charge in [-0.15, -0.1) is 0 Å². The molecule has 1 N–H and O–H groups in total. The number of benzene rings is 1. The molecule has 1 saturated heterocycles. The zero-order valence-corrected chi connectivity index (χ0v) is 14.0. The highest BCUT2D eigenvalue weighted by atomic mass is 79.9. The van der Waals surface area contributed by atoms with Gasteiger partial charge in [-0.1, -0.05) is 13.0 Å². The second kappa shape index (κ2) is 7.22. The van der Waals surface area contributed by atoms with Crippen molar-refractivity contribution in [2.45, 2.75) is 26.2 Å². The van der Waals surface area contributed by atoms with Crippen LogP contribution in [0.4, 0.5) is 4.39 Å². The highest BCUT2D eigenvalue weighted by molar-refractivity contribution is 9.10. The van der Waals surface area contributed by atoms with Crippen molar-refractivity contribution in [2.75, 3.05) is 13.1 Å². The molecule has 1 aromatic carbocycles. The van der Waals surface area contributed by atoms with Crippen molar-refractivity contribution in [3.8, 4) is 0 Å². The molecule has 2 atom stereocenters. The number of carboxylic acid groups (broad SMARTS) is 1. The Labute approximate surface area is 137 Å². The van der Waals surface area contributed by atoms with Gasteiger partial charge in [-0.3, -0.25) is 9.59 Å². The smallest absolute Gasteiger partial charge is 0.308 e. The summed E-state index contributed by atoms with van der Waals surface area (Å²) in [6.45, 7) is 2.72. The molecule has 1 fully saturated rings. The number of hydrogen-bond donors (Lipinski definition) is 1. The molecule has 1 unspecified atom stereocenters. The molecule has 1 aliphatic rings. The lowest BCUT2D eigenvalue weighted by molar-refractivity contribution is -0.146. The standard InChI is InChI=1S/C16H19BrFNO3/c1-10(7-11-4-5-14(18)13(17)8-11)15(20)19-6-2-3-12(9-19)16(21)22/h4-5,8,10,12H,2-3,6-7,9H2,1H3,(H,21,22)/t10?,12-/m0/s1. The van der Waals surface area contributed by atoms with E-state index in [4.69, 9.17) is 5.11 Å². The molecule has 1 aromatic rings. The van der Waals surface area contributed by atoms with Gasteiger partial charge in [-0.25, -0.2) is 4.39 Å². The van der Waals surface area contributed by atoms with Gasteiger partial charge in [0, 0.05) is 19.0 Å².